The minimum absolute atomic E-state index is 0.0169. The molecule has 1 amide bonds. The van der Waals surface area contributed by atoms with E-state index in [0.717, 1.165) is 19.4 Å². The summed E-state index contributed by atoms with van der Waals surface area (Å²) in [5.41, 5.74) is -0.0169. The third-order valence-electron chi connectivity index (χ3n) is 3.25. The van der Waals surface area contributed by atoms with Gasteiger partial charge in [-0.25, -0.2) is 0 Å². The van der Waals surface area contributed by atoms with Crippen LogP contribution in [0, 0.1) is 0 Å². The van der Waals surface area contributed by atoms with Crippen LogP contribution in [0.3, 0.4) is 0 Å². The largest absolute Gasteiger partial charge is 0.371 e. The van der Waals surface area contributed by atoms with Crippen molar-refractivity contribution >= 4 is 5.91 Å². The van der Waals surface area contributed by atoms with E-state index in [1.165, 1.54) is 18.9 Å². The average Bonchev–Trinajstić information content (AvgIpc) is 2.65. The van der Waals surface area contributed by atoms with E-state index in [0.29, 0.717) is 13.2 Å². The van der Waals surface area contributed by atoms with Gasteiger partial charge < -0.3 is 9.64 Å². The van der Waals surface area contributed by atoms with Crippen molar-refractivity contribution in [3.63, 3.8) is 0 Å². The van der Waals surface area contributed by atoms with Crippen LogP contribution < -0.4 is 0 Å². The number of ether oxygens (including phenoxy) is 1. The second-order valence-corrected chi connectivity index (χ2v) is 4.20. The van der Waals surface area contributed by atoms with Crippen molar-refractivity contribution in [3.05, 3.63) is 12.7 Å². The Kier molecular flexibility index (Phi) is 2.59. The summed E-state index contributed by atoms with van der Waals surface area (Å²) in [4.78, 5) is 13.3. The van der Waals surface area contributed by atoms with Crippen molar-refractivity contribution in [2.24, 2.45) is 0 Å². The Morgan fingerprint density at radius 2 is 2.14 bits per heavy atom. The number of carbonyl (C=O) groups is 1. The van der Waals surface area contributed by atoms with Gasteiger partial charge in [0.1, 0.15) is 0 Å². The standard InChI is InChI=1S/C11H17NO2/c1-2-10(13)12-7-8-14-11(9-12)5-3-4-6-11/h2H,1,3-9H2. The molecule has 1 heterocycles. The highest BCUT2D eigenvalue weighted by Gasteiger charge is 2.39. The quantitative estimate of drug-likeness (QED) is 0.591. The van der Waals surface area contributed by atoms with Crippen LogP contribution in [0.15, 0.2) is 12.7 Å². The Hall–Kier alpha value is -0.830. The van der Waals surface area contributed by atoms with E-state index >= 15 is 0 Å². The topological polar surface area (TPSA) is 29.5 Å². The first kappa shape index (κ1) is 9.71. The van der Waals surface area contributed by atoms with Gasteiger partial charge in [-0.15, -0.1) is 0 Å². The molecule has 78 valence electrons. The van der Waals surface area contributed by atoms with Crippen LogP contribution in [-0.4, -0.2) is 36.1 Å². The van der Waals surface area contributed by atoms with Crippen LogP contribution in [0.2, 0.25) is 0 Å². The van der Waals surface area contributed by atoms with E-state index in [1.54, 1.807) is 0 Å². The monoisotopic (exact) mass is 195 g/mol. The number of nitrogens with zero attached hydrogens (tertiary/aromatic N) is 1. The maximum Gasteiger partial charge on any atom is 0.246 e. The van der Waals surface area contributed by atoms with Crippen LogP contribution in [0.1, 0.15) is 25.7 Å². The van der Waals surface area contributed by atoms with Gasteiger partial charge in [-0.1, -0.05) is 19.4 Å². The molecule has 2 rings (SSSR count). The fourth-order valence-electron chi connectivity index (χ4n) is 2.48. The van der Waals surface area contributed by atoms with Crippen LogP contribution in [-0.2, 0) is 9.53 Å². The number of morpholine rings is 1. The lowest BCUT2D eigenvalue weighted by Crippen LogP contribution is -2.51. The summed E-state index contributed by atoms with van der Waals surface area (Å²) in [5.74, 6) is 0.0413. The summed E-state index contributed by atoms with van der Waals surface area (Å²) in [5, 5.41) is 0. The van der Waals surface area contributed by atoms with Gasteiger partial charge in [-0.3, -0.25) is 4.79 Å². The van der Waals surface area contributed by atoms with E-state index in [-0.39, 0.29) is 11.5 Å². The summed E-state index contributed by atoms with van der Waals surface area (Å²) < 4.78 is 5.82. The molecule has 0 aromatic carbocycles. The molecule has 2 fully saturated rings. The van der Waals surface area contributed by atoms with Gasteiger partial charge in [-0.05, 0) is 18.9 Å². The molecule has 1 aliphatic heterocycles. The first-order valence-electron chi connectivity index (χ1n) is 5.31. The van der Waals surface area contributed by atoms with Crippen molar-refractivity contribution in [3.8, 4) is 0 Å². The maximum absolute atomic E-state index is 11.5. The SMILES string of the molecule is C=CC(=O)N1CCOC2(CCCC2)C1. The summed E-state index contributed by atoms with van der Waals surface area (Å²) in [6.45, 7) is 5.68. The minimum Gasteiger partial charge on any atom is -0.371 e. The van der Waals surface area contributed by atoms with Gasteiger partial charge in [-0.2, -0.15) is 0 Å². The number of hydrogen-bond donors (Lipinski definition) is 0. The summed E-state index contributed by atoms with van der Waals surface area (Å²) >= 11 is 0. The molecule has 0 unspecified atom stereocenters. The molecule has 0 N–H and O–H groups in total. The highest BCUT2D eigenvalue weighted by atomic mass is 16.5. The zero-order valence-electron chi connectivity index (χ0n) is 8.50. The highest BCUT2D eigenvalue weighted by Crippen LogP contribution is 2.35. The highest BCUT2D eigenvalue weighted by molar-refractivity contribution is 5.87. The fraction of sp³-hybridized carbons (Fsp3) is 0.727. The smallest absolute Gasteiger partial charge is 0.246 e. The normalized spacial score (nSPS) is 25.3. The number of rotatable bonds is 1. The van der Waals surface area contributed by atoms with Crippen LogP contribution in [0.25, 0.3) is 0 Å². The van der Waals surface area contributed by atoms with E-state index < -0.39 is 0 Å². The van der Waals surface area contributed by atoms with Gasteiger partial charge in [0.05, 0.1) is 18.8 Å². The molecule has 1 saturated heterocycles. The van der Waals surface area contributed by atoms with Crippen LogP contribution >= 0.6 is 0 Å². The lowest BCUT2D eigenvalue weighted by atomic mass is 10.00. The number of amides is 1. The van der Waals surface area contributed by atoms with Crippen LogP contribution in [0.5, 0.6) is 0 Å². The molecular formula is C11H17NO2. The summed E-state index contributed by atoms with van der Waals surface area (Å²) in [7, 11) is 0. The Bertz CT molecular complexity index is 244. The molecule has 3 heteroatoms. The van der Waals surface area contributed by atoms with Crippen molar-refractivity contribution < 1.29 is 9.53 Å². The van der Waals surface area contributed by atoms with E-state index in [9.17, 15) is 4.79 Å². The lowest BCUT2D eigenvalue weighted by molar-refractivity contribution is -0.145. The van der Waals surface area contributed by atoms with Gasteiger partial charge in [0.25, 0.3) is 0 Å². The second kappa shape index (κ2) is 3.73. The van der Waals surface area contributed by atoms with E-state index in [4.69, 9.17) is 4.74 Å². The zero-order valence-corrected chi connectivity index (χ0v) is 8.50. The van der Waals surface area contributed by atoms with Crippen molar-refractivity contribution in [1.82, 2.24) is 4.90 Å². The maximum atomic E-state index is 11.5. The summed E-state index contributed by atoms with van der Waals surface area (Å²) in [6.07, 6.45) is 6.07. The van der Waals surface area contributed by atoms with E-state index in [1.807, 2.05) is 4.90 Å². The third kappa shape index (κ3) is 1.69. The van der Waals surface area contributed by atoms with Crippen molar-refractivity contribution in [2.75, 3.05) is 19.7 Å². The Labute approximate surface area is 84.7 Å². The Morgan fingerprint density at radius 1 is 1.43 bits per heavy atom. The first-order valence-corrected chi connectivity index (χ1v) is 5.31. The fourth-order valence-corrected chi connectivity index (χ4v) is 2.48. The molecule has 0 atom stereocenters. The molecule has 0 aromatic rings. The molecule has 1 spiro atoms. The average molecular weight is 195 g/mol. The molecule has 1 aliphatic carbocycles. The van der Waals surface area contributed by atoms with Gasteiger partial charge in [0.2, 0.25) is 5.91 Å². The van der Waals surface area contributed by atoms with Crippen LogP contribution in [0.4, 0.5) is 0 Å². The van der Waals surface area contributed by atoms with Crippen molar-refractivity contribution in [1.29, 1.82) is 0 Å². The lowest BCUT2D eigenvalue weighted by Gasteiger charge is -2.40. The van der Waals surface area contributed by atoms with Gasteiger partial charge in [0, 0.05) is 6.54 Å². The van der Waals surface area contributed by atoms with Gasteiger partial charge in [0.15, 0.2) is 0 Å². The van der Waals surface area contributed by atoms with Crippen molar-refractivity contribution in [2.45, 2.75) is 31.3 Å². The predicted octanol–water partition coefficient (Wildman–Crippen LogP) is 1.34. The molecule has 14 heavy (non-hydrogen) atoms. The Morgan fingerprint density at radius 3 is 2.79 bits per heavy atom. The van der Waals surface area contributed by atoms with E-state index in [2.05, 4.69) is 6.58 Å². The minimum atomic E-state index is -0.0169. The Balaban J connectivity index is 2.03. The predicted molar refractivity (Wildman–Crippen MR) is 53.9 cm³/mol. The third-order valence-corrected chi connectivity index (χ3v) is 3.25. The second-order valence-electron chi connectivity index (χ2n) is 4.20. The van der Waals surface area contributed by atoms with Gasteiger partial charge >= 0.3 is 0 Å². The number of carbonyl (C=O) groups excluding carboxylic acids is 1. The molecule has 2 aliphatic rings. The number of hydrogen-bond acceptors (Lipinski definition) is 2. The molecule has 0 bridgehead atoms. The molecule has 0 aromatic heterocycles. The summed E-state index contributed by atoms with van der Waals surface area (Å²) in [6, 6.07) is 0. The molecular weight excluding hydrogens is 178 g/mol. The molecule has 1 saturated carbocycles. The first-order chi connectivity index (χ1) is 6.76. The molecule has 3 nitrogen and oxygen atoms in total. The molecule has 0 radical (unpaired) electrons. The zero-order chi connectivity index (χ0) is 10.0.